The van der Waals surface area contributed by atoms with E-state index in [0.29, 0.717) is 24.1 Å². The van der Waals surface area contributed by atoms with E-state index in [4.69, 9.17) is 5.73 Å². The third-order valence-corrected chi connectivity index (χ3v) is 5.58. The lowest BCUT2D eigenvalue weighted by atomic mass is 10.00. The van der Waals surface area contributed by atoms with Crippen molar-refractivity contribution in [2.45, 2.75) is 45.2 Å². The lowest BCUT2D eigenvalue weighted by molar-refractivity contribution is 0.447. The zero-order chi connectivity index (χ0) is 20.1. The first-order valence-corrected chi connectivity index (χ1v) is 10.4. The van der Waals surface area contributed by atoms with Crippen molar-refractivity contribution in [2.75, 3.05) is 22.1 Å². The molecule has 3 heterocycles. The van der Waals surface area contributed by atoms with Crippen molar-refractivity contribution >= 4 is 23.1 Å². The number of benzene rings is 1. The molecule has 0 radical (unpaired) electrons. The number of nitrogens with two attached hydrogens (primary N) is 1. The predicted octanol–water partition coefficient (Wildman–Crippen LogP) is 4.56. The van der Waals surface area contributed by atoms with Crippen LogP contribution in [-0.4, -0.2) is 27.5 Å². The second kappa shape index (κ2) is 8.90. The van der Waals surface area contributed by atoms with E-state index in [-0.39, 0.29) is 0 Å². The van der Waals surface area contributed by atoms with Gasteiger partial charge < -0.3 is 15.5 Å². The summed E-state index contributed by atoms with van der Waals surface area (Å²) >= 11 is 0. The Morgan fingerprint density at radius 2 is 1.86 bits per heavy atom. The molecule has 0 amide bonds. The first kappa shape index (κ1) is 19.2. The Morgan fingerprint density at radius 1 is 1.03 bits per heavy atom. The van der Waals surface area contributed by atoms with Crippen LogP contribution < -0.4 is 15.5 Å². The molecule has 4 rings (SSSR count). The normalized spacial score (nSPS) is 16.6. The van der Waals surface area contributed by atoms with E-state index in [9.17, 15) is 0 Å². The zero-order valence-electron chi connectivity index (χ0n) is 16.9. The molecular weight excluding hydrogens is 360 g/mol. The minimum Gasteiger partial charge on any atom is -0.393 e. The summed E-state index contributed by atoms with van der Waals surface area (Å²) in [5.74, 6) is 2.37. The monoisotopic (exact) mass is 388 g/mol. The second-order valence-electron chi connectivity index (χ2n) is 7.45. The van der Waals surface area contributed by atoms with Gasteiger partial charge in [0.05, 0.1) is 6.54 Å². The molecule has 3 aromatic rings. The summed E-state index contributed by atoms with van der Waals surface area (Å²) in [5.41, 5.74) is 8.48. The second-order valence-corrected chi connectivity index (χ2v) is 7.45. The van der Waals surface area contributed by atoms with Gasteiger partial charge in [0, 0.05) is 18.8 Å². The maximum atomic E-state index is 6.69. The van der Waals surface area contributed by atoms with Crippen molar-refractivity contribution in [1.29, 1.82) is 0 Å². The molecule has 0 bridgehead atoms. The summed E-state index contributed by atoms with van der Waals surface area (Å²) in [4.78, 5) is 18.2. The summed E-state index contributed by atoms with van der Waals surface area (Å²) in [7, 11) is 0. The van der Waals surface area contributed by atoms with Crippen molar-refractivity contribution in [3.8, 4) is 0 Å². The van der Waals surface area contributed by atoms with Gasteiger partial charge in [-0.05, 0) is 43.4 Å². The van der Waals surface area contributed by atoms with Crippen LogP contribution in [0.4, 0.5) is 23.1 Å². The van der Waals surface area contributed by atoms with Crippen molar-refractivity contribution in [1.82, 2.24) is 15.0 Å². The molecule has 1 unspecified atom stereocenters. The summed E-state index contributed by atoms with van der Waals surface area (Å²) in [6.07, 6.45) is 8.13. The summed E-state index contributed by atoms with van der Waals surface area (Å²) in [6, 6.07) is 16.7. The lowest BCUT2D eigenvalue weighted by Crippen LogP contribution is -2.40. The molecule has 2 aromatic heterocycles. The van der Waals surface area contributed by atoms with Gasteiger partial charge >= 0.3 is 0 Å². The molecule has 2 N–H and O–H groups in total. The number of pyridine rings is 1. The summed E-state index contributed by atoms with van der Waals surface area (Å²) in [5, 5.41) is 0. The predicted molar refractivity (Wildman–Crippen MR) is 118 cm³/mol. The molecule has 0 spiro atoms. The van der Waals surface area contributed by atoms with E-state index in [0.717, 1.165) is 24.6 Å². The lowest BCUT2D eigenvalue weighted by Gasteiger charge is -2.37. The van der Waals surface area contributed by atoms with Crippen molar-refractivity contribution in [3.63, 3.8) is 0 Å². The van der Waals surface area contributed by atoms with E-state index < -0.39 is 0 Å². The van der Waals surface area contributed by atoms with Crippen LogP contribution in [0.5, 0.6) is 0 Å². The van der Waals surface area contributed by atoms with Crippen molar-refractivity contribution < 1.29 is 0 Å². The van der Waals surface area contributed by atoms with E-state index in [1.165, 1.54) is 24.8 Å². The van der Waals surface area contributed by atoms with E-state index >= 15 is 0 Å². The Bertz CT molecular complexity index is 915. The summed E-state index contributed by atoms with van der Waals surface area (Å²) in [6.45, 7) is 3.86. The molecule has 1 aromatic carbocycles. The minimum atomic E-state index is 0.478. The standard InChI is InChI=1S/C23H28N6/c1-2-19-12-7-9-15-28(19)22-21(24)23(27-17-26-22)29(20-13-6-8-14-25-20)16-18-10-4-3-5-11-18/h3-6,8,10-11,13-14,17,19H,2,7,9,12,15-16,24H2,1H3. The van der Waals surface area contributed by atoms with Crippen LogP contribution in [0.3, 0.4) is 0 Å². The van der Waals surface area contributed by atoms with Gasteiger partial charge in [-0.15, -0.1) is 0 Å². The highest BCUT2D eigenvalue weighted by molar-refractivity contribution is 5.79. The number of nitrogen functional groups attached to an aromatic ring is 1. The van der Waals surface area contributed by atoms with Crippen LogP contribution in [0.25, 0.3) is 0 Å². The van der Waals surface area contributed by atoms with Crippen LogP contribution in [0.2, 0.25) is 0 Å². The Kier molecular flexibility index (Phi) is 5.89. The number of rotatable bonds is 6. The highest BCUT2D eigenvalue weighted by Crippen LogP contribution is 2.36. The van der Waals surface area contributed by atoms with Crippen LogP contribution in [0, 0.1) is 0 Å². The molecule has 1 aliphatic heterocycles. The van der Waals surface area contributed by atoms with E-state index in [1.807, 2.05) is 36.4 Å². The van der Waals surface area contributed by atoms with Gasteiger partial charge in [0.15, 0.2) is 11.6 Å². The van der Waals surface area contributed by atoms with Gasteiger partial charge in [0.1, 0.15) is 17.8 Å². The third-order valence-electron chi connectivity index (χ3n) is 5.58. The number of aromatic nitrogens is 3. The fraction of sp³-hybridized carbons (Fsp3) is 0.348. The Morgan fingerprint density at radius 3 is 2.62 bits per heavy atom. The molecule has 1 aliphatic rings. The number of piperidine rings is 1. The smallest absolute Gasteiger partial charge is 0.163 e. The largest absolute Gasteiger partial charge is 0.393 e. The molecule has 1 saturated heterocycles. The number of anilines is 4. The highest BCUT2D eigenvalue weighted by Gasteiger charge is 2.26. The molecule has 6 heteroatoms. The fourth-order valence-corrected chi connectivity index (χ4v) is 4.07. The number of hydrogen-bond donors (Lipinski definition) is 1. The Balaban J connectivity index is 1.75. The van der Waals surface area contributed by atoms with E-state index in [2.05, 4.69) is 43.8 Å². The van der Waals surface area contributed by atoms with Gasteiger partial charge in [0.25, 0.3) is 0 Å². The Labute approximate surface area is 172 Å². The minimum absolute atomic E-state index is 0.478. The molecule has 6 nitrogen and oxygen atoms in total. The topological polar surface area (TPSA) is 71.2 Å². The van der Waals surface area contributed by atoms with Gasteiger partial charge in [0.2, 0.25) is 0 Å². The SMILES string of the molecule is CCC1CCCCN1c1ncnc(N(Cc2ccccc2)c2ccccn2)c1N. The van der Waals surface area contributed by atoms with Crippen LogP contribution in [0.1, 0.15) is 38.2 Å². The summed E-state index contributed by atoms with van der Waals surface area (Å²) < 4.78 is 0. The van der Waals surface area contributed by atoms with Gasteiger partial charge in [-0.1, -0.05) is 43.3 Å². The fourth-order valence-electron chi connectivity index (χ4n) is 4.07. The highest BCUT2D eigenvalue weighted by atomic mass is 15.3. The third kappa shape index (κ3) is 4.16. The number of nitrogens with zero attached hydrogens (tertiary/aromatic N) is 5. The molecule has 1 fully saturated rings. The first-order chi connectivity index (χ1) is 14.3. The van der Waals surface area contributed by atoms with Crippen LogP contribution >= 0.6 is 0 Å². The molecule has 0 saturated carbocycles. The Hall–Kier alpha value is -3.15. The first-order valence-electron chi connectivity index (χ1n) is 10.4. The van der Waals surface area contributed by atoms with Crippen molar-refractivity contribution in [3.05, 3.63) is 66.6 Å². The molecule has 150 valence electrons. The molecule has 29 heavy (non-hydrogen) atoms. The van der Waals surface area contributed by atoms with Gasteiger partial charge in [-0.2, -0.15) is 0 Å². The maximum Gasteiger partial charge on any atom is 0.163 e. The quantitative estimate of drug-likeness (QED) is 0.667. The zero-order valence-corrected chi connectivity index (χ0v) is 16.9. The van der Waals surface area contributed by atoms with Gasteiger partial charge in [-0.3, -0.25) is 0 Å². The average Bonchev–Trinajstić information content (AvgIpc) is 2.79. The van der Waals surface area contributed by atoms with Crippen LogP contribution in [0.15, 0.2) is 61.1 Å². The van der Waals surface area contributed by atoms with Crippen molar-refractivity contribution in [2.24, 2.45) is 0 Å². The number of hydrogen-bond acceptors (Lipinski definition) is 6. The maximum absolute atomic E-state index is 6.69. The van der Waals surface area contributed by atoms with E-state index in [1.54, 1.807) is 12.5 Å². The molecule has 0 aliphatic carbocycles. The van der Waals surface area contributed by atoms with Gasteiger partial charge in [-0.25, -0.2) is 15.0 Å². The van der Waals surface area contributed by atoms with Crippen LogP contribution in [-0.2, 0) is 6.54 Å². The molecule has 1 atom stereocenters. The molecular formula is C23H28N6. The average molecular weight is 389 g/mol.